The highest BCUT2D eigenvalue weighted by molar-refractivity contribution is 7.89. The van der Waals surface area contributed by atoms with Crippen LogP contribution in [-0.2, 0) is 10.0 Å². The summed E-state index contributed by atoms with van der Waals surface area (Å²) in [5.74, 6) is 0.518. The van der Waals surface area contributed by atoms with Gasteiger partial charge in [0.15, 0.2) is 5.82 Å². The summed E-state index contributed by atoms with van der Waals surface area (Å²) in [5, 5.41) is 10.9. The van der Waals surface area contributed by atoms with Crippen LogP contribution in [0.1, 0.15) is 22.5 Å². The van der Waals surface area contributed by atoms with Crippen molar-refractivity contribution in [3.8, 4) is 17.1 Å². The summed E-state index contributed by atoms with van der Waals surface area (Å²) in [4.78, 5) is 17.1. The molecule has 0 unspecified atom stereocenters. The number of carbonyl (C=O) groups excluding carboxylic acids is 1. The molecule has 1 saturated heterocycles. The topological polar surface area (TPSA) is 117 Å². The molecular formula is C18H19N5O4S2. The Labute approximate surface area is 171 Å². The molecule has 1 amide bonds. The SMILES string of the molecule is COc1ccccc1-c1nc(NC(=O)c2sccc2S(=O)(=O)N2CCCC2)n[nH]1. The van der Waals surface area contributed by atoms with Crippen molar-refractivity contribution < 1.29 is 17.9 Å². The summed E-state index contributed by atoms with van der Waals surface area (Å²) in [6.07, 6.45) is 1.65. The second kappa shape index (κ2) is 7.93. The molecule has 9 nitrogen and oxygen atoms in total. The zero-order valence-corrected chi connectivity index (χ0v) is 17.2. The molecule has 0 spiro atoms. The number of methoxy groups -OCH3 is 1. The van der Waals surface area contributed by atoms with Crippen LogP contribution in [0, 0.1) is 0 Å². The monoisotopic (exact) mass is 433 g/mol. The number of nitrogens with zero attached hydrogens (tertiary/aromatic N) is 3. The van der Waals surface area contributed by atoms with Gasteiger partial charge in [-0.25, -0.2) is 8.42 Å². The number of hydrogen-bond donors (Lipinski definition) is 2. The number of thiophene rings is 1. The van der Waals surface area contributed by atoms with Gasteiger partial charge in [-0.15, -0.1) is 16.4 Å². The number of anilines is 1. The predicted octanol–water partition coefficient (Wildman–Crippen LogP) is 2.58. The van der Waals surface area contributed by atoms with Gasteiger partial charge in [0.05, 0.1) is 12.7 Å². The van der Waals surface area contributed by atoms with Crippen molar-refractivity contribution in [2.24, 2.45) is 0 Å². The summed E-state index contributed by atoms with van der Waals surface area (Å²) >= 11 is 1.07. The maximum Gasteiger partial charge on any atom is 0.269 e. The molecule has 0 bridgehead atoms. The number of rotatable bonds is 6. The van der Waals surface area contributed by atoms with E-state index in [0.29, 0.717) is 30.2 Å². The van der Waals surface area contributed by atoms with E-state index in [2.05, 4.69) is 20.5 Å². The summed E-state index contributed by atoms with van der Waals surface area (Å²) < 4.78 is 32.4. The number of amides is 1. The summed E-state index contributed by atoms with van der Waals surface area (Å²) in [5.41, 5.74) is 0.691. The lowest BCUT2D eigenvalue weighted by Crippen LogP contribution is -2.29. The van der Waals surface area contributed by atoms with E-state index in [1.165, 1.54) is 10.4 Å². The van der Waals surface area contributed by atoms with Crippen LogP contribution in [0.2, 0.25) is 0 Å². The first-order chi connectivity index (χ1) is 14.0. The number of ether oxygens (including phenoxy) is 1. The first-order valence-electron chi connectivity index (χ1n) is 8.95. The average Bonchev–Trinajstić information content (AvgIpc) is 3.49. The number of nitrogens with one attached hydrogen (secondary N) is 2. The quantitative estimate of drug-likeness (QED) is 0.617. The number of benzene rings is 1. The van der Waals surface area contributed by atoms with Gasteiger partial charge in [0.25, 0.3) is 5.91 Å². The molecule has 0 aliphatic carbocycles. The molecule has 1 fully saturated rings. The van der Waals surface area contributed by atoms with Crippen LogP contribution in [0.25, 0.3) is 11.4 Å². The molecule has 4 rings (SSSR count). The molecule has 0 atom stereocenters. The second-order valence-corrected chi connectivity index (χ2v) is 9.21. The normalized spacial score (nSPS) is 14.8. The van der Waals surface area contributed by atoms with Gasteiger partial charge in [-0.2, -0.15) is 9.29 Å². The molecule has 152 valence electrons. The van der Waals surface area contributed by atoms with Gasteiger partial charge in [0, 0.05) is 13.1 Å². The van der Waals surface area contributed by atoms with Crippen molar-refractivity contribution in [1.82, 2.24) is 19.5 Å². The van der Waals surface area contributed by atoms with Crippen LogP contribution >= 0.6 is 11.3 Å². The molecular weight excluding hydrogens is 414 g/mol. The largest absolute Gasteiger partial charge is 0.496 e. The van der Waals surface area contributed by atoms with Crippen molar-refractivity contribution in [2.75, 3.05) is 25.5 Å². The van der Waals surface area contributed by atoms with Gasteiger partial charge in [-0.1, -0.05) is 12.1 Å². The fourth-order valence-corrected chi connectivity index (χ4v) is 5.98. The number of para-hydroxylation sites is 1. The van der Waals surface area contributed by atoms with E-state index < -0.39 is 15.9 Å². The fraction of sp³-hybridized carbons (Fsp3) is 0.278. The third kappa shape index (κ3) is 3.76. The number of aromatic nitrogens is 3. The van der Waals surface area contributed by atoms with Crippen molar-refractivity contribution in [3.05, 3.63) is 40.6 Å². The van der Waals surface area contributed by atoms with E-state index in [4.69, 9.17) is 4.74 Å². The Hall–Kier alpha value is -2.76. The molecule has 0 radical (unpaired) electrons. The Balaban J connectivity index is 1.56. The zero-order chi connectivity index (χ0) is 20.4. The summed E-state index contributed by atoms with van der Waals surface area (Å²) in [6.45, 7) is 0.949. The zero-order valence-electron chi connectivity index (χ0n) is 15.6. The Morgan fingerprint density at radius 1 is 1.24 bits per heavy atom. The average molecular weight is 434 g/mol. The molecule has 29 heavy (non-hydrogen) atoms. The lowest BCUT2D eigenvalue weighted by Gasteiger charge is -2.15. The van der Waals surface area contributed by atoms with Gasteiger partial charge >= 0.3 is 0 Å². The Morgan fingerprint density at radius 2 is 2.00 bits per heavy atom. The van der Waals surface area contributed by atoms with Crippen molar-refractivity contribution in [2.45, 2.75) is 17.7 Å². The number of H-pyrrole nitrogens is 1. The summed E-state index contributed by atoms with van der Waals surface area (Å²) in [7, 11) is -2.14. The highest BCUT2D eigenvalue weighted by Crippen LogP contribution is 2.29. The molecule has 11 heteroatoms. The van der Waals surface area contributed by atoms with Gasteiger partial charge in [-0.3, -0.25) is 15.2 Å². The lowest BCUT2D eigenvalue weighted by atomic mass is 10.2. The Bertz CT molecular complexity index is 1130. The van der Waals surface area contributed by atoms with E-state index >= 15 is 0 Å². The van der Waals surface area contributed by atoms with Gasteiger partial charge in [-0.05, 0) is 36.4 Å². The first-order valence-corrected chi connectivity index (χ1v) is 11.3. The van der Waals surface area contributed by atoms with Crippen molar-refractivity contribution in [1.29, 1.82) is 0 Å². The van der Waals surface area contributed by atoms with Crippen LogP contribution in [-0.4, -0.2) is 54.0 Å². The third-order valence-corrected chi connectivity index (χ3v) is 7.57. The molecule has 0 saturated carbocycles. The minimum atomic E-state index is -3.69. The molecule has 2 N–H and O–H groups in total. The predicted molar refractivity (Wildman–Crippen MR) is 109 cm³/mol. The number of sulfonamides is 1. The van der Waals surface area contributed by atoms with Crippen molar-refractivity contribution in [3.63, 3.8) is 0 Å². The van der Waals surface area contributed by atoms with Crippen LogP contribution in [0.4, 0.5) is 5.95 Å². The molecule has 1 aliphatic rings. The maximum absolute atomic E-state index is 12.8. The molecule has 1 aromatic carbocycles. The third-order valence-electron chi connectivity index (χ3n) is 4.59. The van der Waals surface area contributed by atoms with E-state index in [-0.39, 0.29) is 15.7 Å². The smallest absolute Gasteiger partial charge is 0.269 e. The van der Waals surface area contributed by atoms with E-state index in [1.54, 1.807) is 18.6 Å². The number of hydrogen-bond acceptors (Lipinski definition) is 7. The first kappa shape index (κ1) is 19.6. The van der Waals surface area contributed by atoms with Crippen LogP contribution < -0.4 is 10.1 Å². The second-order valence-electron chi connectivity index (χ2n) is 6.39. The highest BCUT2D eigenvalue weighted by Gasteiger charge is 2.32. The summed E-state index contributed by atoms with van der Waals surface area (Å²) in [6, 6.07) is 8.73. The van der Waals surface area contributed by atoms with E-state index in [0.717, 1.165) is 24.2 Å². The molecule has 3 aromatic rings. The minimum Gasteiger partial charge on any atom is -0.496 e. The fourth-order valence-electron chi connectivity index (χ4n) is 3.17. The van der Waals surface area contributed by atoms with Gasteiger partial charge in [0.2, 0.25) is 16.0 Å². The molecule has 1 aliphatic heterocycles. The highest BCUT2D eigenvalue weighted by atomic mass is 32.2. The standard InChI is InChI=1S/C18H19N5O4S2/c1-27-13-7-3-2-6-12(13)16-19-18(22-21-16)20-17(24)15-14(8-11-28-15)29(25,26)23-9-4-5-10-23/h2-3,6-8,11H,4-5,9-10H2,1H3,(H2,19,20,21,22,24). The minimum absolute atomic E-state index is 0.0161. The van der Waals surface area contributed by atoms with Crippen molar-refractivity contribution >= 4 is 33.2 Å². The van der Waals surface area contributed by atoms with Gasteiger partial charge < -0.3 is 4.74 Å². The Kier molecular flexibility index (Phi) is 5.35. The number of carbonyl (C=O) groups is 1. The van der Waals surface area contributed by atoms with Crippen LogP contribution in [0.3, 0.4) is 0 Å². The molecule has 3 heterocycles. The van der Waals surface area contributed by atoms with Crippen LogP contribution in [0.5, 0.6) is 5.75 Å². The van der Waals surface area contributed by atoms with E-state index in [9.17, 15) is 13.2 Å². The Morgan fingerprint density at radius 3 is 2.76 bits per heavy atom. The number of aromatic amines is 1. The van der Waals surface area contributed by atoms with Crippen LogP contribution in [0.15, 0.2) is 40.6 Å². The van der Waals surface area contributed by atoms with E-state index in [1.807, 2.05) is 18.2 Å². The lowest BCUT2D eigenvalue weighted by molar-refractivity contribution is 0.102. The maximum atomic E-state index is 12.8. The van der Waals surface area contributed by atoms with Gasteiger partial charge in [0.1, 0.15) is 15.5 Å². The molecule has 2 aromatic heterocycles.